The maximum Gasteiger partial charge on any atom is 0.211 e. The van der Waals surface area contributed by atoms with Gasteiger partial charge in [-0.2, -0.15) is 4.31 Å². The summed E-state index contributed by atoms with van der Waals surface area (Å²) < 4.78 is 27.3. The molecule has 2 aromatic rings. The molecule has 0 saturated carbocycles. The maximum atomic E-state index is 11.9. The number of sulfonamides is 1. The fraction of sp³-hybridized carbons (Fsp3) is 0.467. The van der Waals surface area contributed by atoms with Gasteiger partial charge in [-0.3, -0.25) is 0 Å². The minimum absolute atomic E-state index is 0.200. The fourth-order valence-electron chi connectivity index (χ4n) is 2.86. The molecule has 3 rings (SSSR count). The van der Waals surface area contributed by atoms with Crippen LogP contribution in [0.3, 0.4) is 0 Å². The Morgan fingerprint density at radius 2 is 2.00 bits per heavy atom. The molecule has 0 spiro atoms. The molecule has 1 aliphatic heterocycles. The molecule has 6 nitrogen and oxygen atoms in total. The highest BCUT2D eigenvalue weighted by Gasteiger charge is 2.35. The van der Waals surface area contributed by atoms with E-state index in [4.69, 9.17) is 0 Å². The lowest BCUT2D eigenvalue weighted by Gasteiger charge is -2.21. The highest BCUT2D eigenvalue weighted by Crippen LogP contribution is 2.34. The van der Waals surface area contributed by atoms with E-state index in [1.807, 2.05) is 29.8 Å². The Bertz CT molecular complexity index is 774. The number of nitrogens with zero attached hydrogens (tertiary/aromatic N) is 4. The normalized spacial score (nSPS) is 19.3. The van der Waals surface area contributed by atoms with E-state index in [0.29, 0.717) is 6.54 Å². The number of aromatic nitrogens is 3. The first kappa shape index (κ1) is 16.5. The topological polar surface area (TPSA) is 68.1 Å². The van der Waals surface area contributed by atoms with Crippen LogP contribution >= 0.6 is 11.8 Å². The van der Waals surface area contributed by atoms with Crippen molar-refractivity contribution in [3.05, 3.63) is 41.7 Å². The molecule has 23 heavy (non-hydrogen) atoms. The van der Waals surface area contributed by atoms with Crippen LogP contribution in [0.25, 0.3) is 0 Å². The van der Waals surface area contributed by atoms with Crippen molar-refractivity contribution in [2.45, 2.75) is 29.8 Å². The van der Waals surface area contributed by atoms with Gasteiger partial charge < -0.3 is 4.57 Å². The second-order valence-corrected chi connectivity index (χ2v) is 8.58. The molecule has 0 unspecified atom stereocenters. The molecule has 2 heterocycles. The quantitative estimate of drug-likeness (QED) is 0.772. The minimum atomic E-state index is -3.22. The van der Waals surface area contributed by atoms with Gasteiger partial charge in [0.15, 0.2) is 11.0 Å². The average molecular weight is 352 g/mol. The zero-order valence-corrected chi connectivity index (χ0v) is 14.8. The van der Waals surface area contributed by atoms with Crippen molar-refractivity contribution in [3.63, 3.8) is 0 Å². The predicted molar refractivity (Wildman–Crippen MR) is 90.5 cm³/mol. The van der Waals surface area contributed by atoms with Gasteiger partial charge in [-0.1, -0.05) is 42.1 Å². The van der Waals surface area contributed by atoms with E-state index in [0.717, 1.165) is 29.6 Å². The van der Waals surface area contributed by atoms with Gasteiger partial charge in [0.05, 0.1) is 12.3 Å². The Labute approximate surface area is 141 Å². The second kappa shape index (κ2) is 6.62. The molecule has 1 fully saturated rings. The fourth-order valence-corrected chi connectivity index (χ4v) is 4.86. The van der Waals surface area contributed by atoms with E-state index in [1.165, 1.54) is 16.1 Å². The summed E-state index contributed by atoms with van der Waals surface area (Å²) in [6.45, 7) is 0.558. The average Bonchev–Trinajstić information content (AvgIpc) is 3.12. The molecule has 1 aliphatic rings. The molecular formula is C15H20N4O2S2. The van der Waals surface area contributed by atoms with Crippen molar-refractivity contribution in [2.75, 3.05) is 12.8 Å². The number of thioether (sulfide) groups is 1. The van der Waals surface area contributed by atoms with E-state index in [-0.39, 0.29) is 6.04 Å². The van der Waals surface area contributed by atoms with Crippen LogP contribution in [0.5, 0.6) is 0 Å². The summed E-state index contributed by atoms with van der Waals surface area (Å²) >= 11 is 1.61. The molecule has 0 aliphatic carbocycles. The van der Waals surface area contributed by atoms with Crippen molar-refractivity contribution >= 4 is 21.8 Å². The molecule has 8 heteroatoms. The molecule has 1 aromatic carbocycles. The molecule has 1 atom stereocenters. The van der Waals surface area contributed by atoms with Crippen LogP contribution in [0.2, 0.25) is 0 Å². The number of hydrogen-bond acceptors (Lipinski definition) is 5. The summed E-state index contributed by atoms with van der Waals surface area (Å²) in [7, 11) is -1.31. The predicted octanol–water partition coefficient (Wildman–Crippen LogP) is 2.20. The molecule has 124 valence electrons. The molecular weight excluding hydrogens is 332 g/mol. The van der Waals surface area contributed by atoms with Crippen LogP contribution in [0, 0.1) is 0 Å². The van der Waals surface area contributed by atoms with Gasteiger partial charge in [0.25, 0.3) is 0 Å². The Hall–Kier alpha value is -1.38. The van der Waals surface area contributed by atoms with Crippen LogP contribution in [-0.2, 0) is 22.8 Å². The van der Waals surface area contributed by atoms with Crippen molar-refractivity contribution in [1.82, 2.24) is 19.1 Å². The molecule has 1 aromatic heterocycles. The summed E-state index contributed by atoms with van der Waals surface area (Å²) in [5.74, 6) is 1.54. The smallest absolute Gasteiger partial charge is 0.211 e. The Balaban J connectivity index is 1.77. The van der Waals surface area contributed by atoms with Crippen molar-refractivity contribution in [3.8, 4) is 0 Å². The monoisotopic (exact) mass is 352 g/mol. The van der Waals surface area contributed by atoms with Gasteiger partial charge in [-0.15, -0.1) is 10.2 Å². The van der Waals surface area contributed by atoms with Crippen LogP contribution in [0.1, 0.15) is 30.3 Å². The lowest BCUT2D eigenvalue weighted by atomic mass is 10.2. The SMILES string of the molecule is Cn1c(SCc2ccccc2)nnc1[C@H]1CCCN1S(C)(=O)=O. The number of hydrogen-bond donors (Lipinski definition) is 0. The third-order valence-corrected chi connectivity index (χ3v) is 6.39. The third-order valence-electron chi connectivity index (χ3n) is 4.01. The van der Waals surface area contributed by atoms with E-state index in [2.05, 4.69) is 22.3 Å². The van der Waals surface area contributed by atoms with Gasteiger partial charge in [-0.25, -0.2) is 8.42 Å². The Morgan fingerprint density at radius 1 is 1.26 bits per heavy atom. The lowest BCUT2D eigenvalue weighted by molar-refractivity contribution is 0.378. The molecule has 1 saturated heterocycles. The van der Waals surface area contributed by atoms with Crippen LogP contribution in [0.15, 0.2) is 35.5 Å². The number of rotatable bonds is 5. The maximum absolute atomic E-state index is 11.9. The zero-order chi connectivity index (χ0) is 16.4. The first-order valence-electron chi connectivity index (χ1n) is 7.49. The van der Waals surface area contributed by atoms with Gasteiger partial charge >= 0.3 is 0 Å². The standard InChI is InChI=1S/C15H20N4O2S2/c1-18-14(13-9-6-10-19(13)23(2,20)21)16-17-15(18)22-11-12-7-4-3-5-8-12/h3-5,7-8,13H,6,9-11H2,1-2H3/t13-/m1/s1. The molecule has 0 N–H and O–H groups in total. The van der Waals surface area contributed by atoms with Gasteiger partial charge in [0, 0.05) is 19.3 Å². The van der Waals surface area contributed by atoms with Crippen LogP contribution in [-0.4, -0.2) is 40.3 Å². The van der Waals surface area contributed by atoms with Crippen molar-refractivity contribution < 1.29 is 8.42 Å². The largest absolute Gasteiger partial charge is 0.308 e. The Kier molecular flexibility index (Phi) is 4.74. The minimum Gasteiger partial charge on any atom is -0.308 e. The number of benzene rings is 1. The summed E-state index contributed by atoms with van der Waals surface area (Å²) in [5.41, 5.74) is 1.22. The third kappa shape index (κ3) is 3.59. The summed E-state index contributed by atoms with van der Waals surface area (Å²) in [6, 6.07) is 9.97. The Morgan fingerprint density at radius 3 is 2.70 bits per heavy atom. The molecule has 0 bridgehead atoms. The summed E-state index contributed by atoms with van der Waals surface area (Å²) in [4.78, 5) is 0. The van der Waals surface area contributed by atoms with Gasteiger partial charge in [0.1, 0.15) is 0 Å². The van der Waals surface area contributed by atoms with Gasteiger partial charge in [-0.05, 0) is 18.4 Å². The zero-order valence-electron chi connectivity index (χ0n) is 13.2. The van der Waals surface area contributed by atoms with Crippen LogP contribution in [0.4, 0.5) is 0 Å². The molecule has 0 radical (unpaired) electrons. The van der Waals surface area contributed by atoms with Gasteiger partial charge in [0.2, 0.25) is 10.0 Å². The highest BCUT2D eigenvalue weighted by atomic mass is 32.2. The van der Waals surface area contributed by atoms with E-state index in [9.17, 15) is 8.42 Å². The lowest BCUT2D eigenvalue weighted by Crippen LogP contribution is -2.30. The molecule has 0 amide bonds. The van der Waals surface area contributed by atoms with E-state index < -0.39 is 10.0 Å². The van der Waals surface area contributed by atoms with Crippen molar-refractivity contribution in [2.24, 2.45) is 7.05 Å². The van der Waals surface area contributed by atoms with E-state index in [1.54, 1.807) is 11.8 Å². The van der Waals surface area contributed by atoms with E-state index >= 15 is 0 Å². The summed E-state index contributed by atoms with van der Waals surface area (Å²) in [6.07, 6.45) is 2.91. The first-order chi connectivity index (χ1) is 11.0. The second-order valence-electron chi connectivity index (χ2n) is 5.71. The van der Waals surface area contributed by atoms with Crippen LogP contribution < -0.4 is 0 Å². The summed E-state index contributed by atoms with van der Waals surface area (Å²) in [5, 5.41) is 9.32. The first-order valence-corrected chi connectivity index (χ1v) is 10.3. The highest BCUT2D eigenvalue weighted by molar-refractivity contribution is 7.98. The van der Waals surface area contributed by atoms with Crippen molar-refractivity contribution in [1.29, 1.82) is 0 Å².